The second-order valence-corrected chi connectivity index (χ2v) is 3.09. The molecule has 54 valence electrons. The lowest BCUT2D eigenvalue weighted by Gasteiger charge is -1.98. The van der Waals surface area contributed by atoms with E-state index in [0.717, 1.165) is 0 Å². The largest absolute Gasteiger partial charge is 0.457 e. The number of hydrogen-bond acceptors (Lipinski definition) is 5. The van der Waals surface area contributed by atoms with Crippen LogP contribution in [0, 0.1) is 0 Å². The summed E-state index contributed by atoms with van der Waals surface area (Å²) < 4.78 is 12.4. The second kappa shape index (κ2) is 6.89. The van der Waals surface area contributed by atoms with Gasteiger partial charge in [-0.05, 0) is 31.4 Å². The van der Waals surface area contributed by atoms with Crippen molar-refractivity contribution in [1.29, 1.82) is 0 Å². The van der Waals surface area contributed by atoms with E-state index in [4.69, 9.17) is 4.43 Å². The summed E-state index contributed by atoms with van der Waals surface area (Å²) in [5.74, 6) is 0. The van der Waals surface area contributed by atoms with Gasteiger partial charge in [-0.1, -0.05) is 0 Å². The van der Waals surface area contributed by atoms with Crippen molar-refractivity contribution in [2.75, 3.05) is 6.61 Å². The van der Waals surface area contributed by atoms with Gasteiger partial charge in [-0.15, -0.1) is 0 Å². The Balaban J connectivity index is 3.96. The number of isothiocyanates is 2. The first kappa shape index (κ1) is 9.78. The maximum Gasteiger partial charge on any atom is 0.457 e. The Morgan fingerprint density at radius 2 is 1.90 bits per heavy atom. The molecular weight excluding hydrogens is 184 g/mol. The highest BCUT2D eigenvalue weighted by Crippen LogP contribution is 1.86. The standard InChI is InChI=1S/C4H6N2OS2Si/c1-2-7-10(5-3-8)6-4-9/h10H,2H2,1H3. The fourth-order valence-corrected chi connectivity index (χ4v) is 1.57. The van der Waals surface area contributed by atoms with Crippen LogP contribution < -0.4 is 0 Å². The first-order valence-corrected chi connectivity index (χ1v) is 4.92. The average Bonchev–Trinajstić information content (AvgIpc) is 1.90. The molecule has 0 unspecified atom stereocenters. The maximum absolute atomic E-state index is 5.07. The first-order valence-electron chi connectivity index (χ1n) is 2.60. The normalized spacial score (nSPS) is 10.9. The molecule has 0 aromatic carbocycles. The highest BCUT2D eigenvalue weighted by molar-refractivity contribution is 7.78. The molecule has 0 aliphatic carbocycles. The molecule has 3 nitrogen and oxygen atoms in total. The summed E-state index contributed by atoms with van der Waals surface area (Å²) in [4.78, 5) is 0. The topological polar surface area (TPSA) is 34.0 Å². The van der Waals surface area contributed by atoms with Gasteiger partial charge in [0.15, 0.2) is 0 Å². The van der Waals surface area contributed by atoms with Crippen molar-refractivity contribution in [3.8, 4) is 0 Å². The van der Waals surface area contributed by atoms with Gasteiger partial charge in [-0.2, -0.15) is 0 Å². The zero-order valence-electron chi connectivity index (χ0n) is 5.40. The molecule has 0 rings (SSSR count). The number of nitrogens with zero attached hydrogens (tertiary/aromatic N) is 2. The van der Waals surface area contributed by atoms with Gasteiger partial charge < -0.3 is 4.43 Å². The zero-order chi connectivity index (χ0) is 7.82. The Morgan fingerprint density at radius 3 is 2.20 bits per heavy atom. The lowest BCUT2D eigenvalue weighted by Crippen LogP contribution is -2.11. The summed E-state index contributed by atoms with van der Waals surface area (Å²) >= 11 is 8.75. The smallest absolute Gasteiger partial charge is 0.383 e. The summed E-state index contributed by atoms with van der Waals surface area (Å²) in [6, 6.07) is 0. The molecule has 0 aliphatic rings. The molecule has 0 spiro atoms. The molecule has 0 saturated heterocycles. The van der Waals surface area contributed by atoms with E-state index in [-0.39, 0.29) is 0 Å². The Bertz CT molecular complexity index is 168. The van der Waals surface area contributed by atoms with Gasteiger partial charge in [0.25, 0.3) is 0 Å². The molecule has 0 aromatic heterocycles. The first-order chi connectivity index (χ1) is 4.85. The van der Waals surface area contributed by atoms with E-state index in [2.05, 4.69) is 44.1 Å². The van der Waals surface area contributed by atoms with Crippen LogP contribution in [0.5, 0.6) is 0 Å². The zero-order valence-corrected chi connectivity index (χ0v) is 8.19. The van der Waals surface area contributed by atoms with Crippen molar-refractivity contribution >= 4 is 44.1 Å². The monoisotopic (exact) mass is 190 g/mol. The number of rotatable bonds is 4. The lowest BCUT2D eigenvalue weighted by atomic mass is 10.9. The fourth-order valence-electron chi connectivity index (χ4n) is 0.343. The fraction of sp³-hybridized carbons (Fsp3) is 0.500. The predicted molar refractivity (Wildman–Crippen MR) is 48.8 cm³/mol. The lowest BCUT2D eigenvalue weighted by molar-refractivity contribution is 0.344. The van der Waals surface area contributed by atoms with Crippen molar-refractivity contribution < 1.29 is 4.43 Å². The van der Waals surface area contributed by atoms with Gasteiger partial charge in [0.1, 0.15) is 0 Å². The van der Waals surface area contributed by atoms with Crippen LogP contribution in [0.3, 0.4) is 0 Å². The van der Waals surface area contributed by atoms with Crippen LogP contribution in [0.1, 0.15) is 6.92 Å². The minimum atomic E-state index is -1.91. The van der Waals surface area contributed by atoms with Crippen LogP contribution >= 0.6 is 24.4 Å². The van der Waals surface area contributed by atoms with Gasteiger partial charge >= 0.3 is 9.36 Å². The van der Waals surface area contributed by atoms with E-state index in [1.807, 2.05) is 6.92 Å². The van der Waals surface area contributed by atoms with Crippen molar-refractivity contribution in [2.24, 2.45) is 9.32 Å². The van der Waals surface area contributed by atoms with E-state index >= 15 is 0 Å². The predicted octanol–water partition coefficient (Wildman–Crippen LogP) is 0.946. The van der Waals surface area contributed by atoms with Crippen LogP contribution in [0.2, 0.25) is 0 Å². The van der Waals surface area contributed by atoms with E-state index in [1.54, 1.807) is 0 Å². The van der Waals surface area contributed by atoms with E-state index in [9.17, 15) is 0 Å². The molecule has 0 radical (unpaired) electrons. The Hall–Kier alpha value is -0.223. The molecule has 0 saturated carbocycles. The Labute approximate surface area is 71.7 Å². The SMILES string of the molecule is CCO[SiH](N=C=S)N=C=S. The molecule has 0 heterocycles. The molecule has 0 aromatic rings. The summed E-state index contributed by atoms with van der Waals surface area (Å²) in [5, 5.41) is 4.40. The summed E-state index contributed by atoms with van der Waals surface area (Å²) in [6.45, 7) is 2.43. The van der Waals surface area contributed by atoms with E-state index in [0.29, 0.717) is 6.61 Å². The van der Waals surface area contributed by atoms with Crippen LogP contribution in [-0.4, -0.2) is 26.3 Å². The third-order valence-corrected chi connectivity index (χ3v) is 2.56. The van der Waals surface area contributed by atoms with Crippen molar-refractivity contribution in [2.45, 2.75) is 6.92 Å². The van der Waals surface area contributed by atoms with Gasteiger partial charge in [0, 0.05) is 6.61 Å². The molecule has 0 bridgehead atoms. The van der Waals surface area contributed by atoms with Crippen molar-refractivity contribution in [1.82, 2.24) is 0 Å². The molecule has 0 fully saturated rings. The minimum Gasteiger partial charge on any atom is -0.383 e. The number of hydrogen-bond donors (Lipinski definition) is 0. The van der Waals surface area contributed by atoms with Crippen LogP contribution in [0.25, 0.3) is 0 Å². The van der Waals surface area contributed by atoms with Crippen LogP contribution in [-0.2, 0) is 4.43 Å². The molecular formula is C4H6N2OS2Si. The van der Waals surface area contributed by atoms with Crippen molar-refractivity contribution in [3.05, 3.63) is 0 Å². The van der Waals surface area contributed by atoms with Gasteiger partial charge in [0.05, 0.1) is 10.3 Å². The summed E-state index contributed by atoms with van der Waals surface area (Å²) in [7, 11) is -1.91. The van der Waals surface area contributed by atoms with E-state index in [1.165, 1.54) is 0 Å². The molecule has 0 atom stereocenters. The Morgan fingerprint density at radius 1 is 1.40 bits per heavy atom. The van der Waals surface area contributed by atoms with Gasteiger partial charge in [-0.25, -0.2) is 9.32 Å². The molecule has 6 heteroatoms. The third kappa shape index (κ3) is 4.64. The van der Waals surface area contributed by atoms with Crippen LogP contribution in [0.4, 0.5) is 0 Å². The highest BCUT2D eigenvalue weighted by Gasteiger charge is 2.04. The van der Waals surface area contributed by atoms with E-state index < -0.39 is 9.36 Å². The van der Waals surface area contributed by atoms with Crippen molar-refractivity contribution in [3.63, 3.8) is 0 Å². The highest BCUT2D eigenvalue weighted by atomic mass is 32.1. The number of thiocarbonyl (C=S) groups is 2. The maximum atomic E-state index is 5.07. The minimum absolute atomic E-state index is 0.567. The van der Waals surface area contributed by atoms with Crippen LogP contribution in [0.15, 0.2) is 9.32 Å². The molecule has 0 aliphatic heterocycles. The third-order valence-electron chi connectivity index (χ3n) is 0.642. The molecule has 0 N–H and O–H groups in total. The molecule has 0 amide bonds. The Kier molecular flexibility index (Phi) is 6.74. The average molecular weight is 190 g/mol. The second-order valence-electron chi connectivity index (χ2n) is 1.22. The summed E-state index contributed by atoms with van der Waals surface area (Å²) in [5.41, 5.74) is 0. The molecule has 10 heavy (non-hydrogen) atoms. The summed E-state index contributed by atoms with van der Waals surface area (Å²) in [6.07, 6.45) is 0. The quantitative estimate of drug-likeness (QED) is 0.376. The van der Waals surface area contributed by atoms with Gasteiger partial charge in [0.2, 0.25) is 0 Å². The van der Waals surface area contributed by atoms with Gasteiger partial charge in [-0.3, -0.25) is 0 Å².